The number of hydrogen-bond acceptors (Lipinski definition) is 2. The Morgan fingerprint density at radius 1 is 1.31 bits per heavy atom. The van der Waals surface area contributed by atoms with Gasteiger partial charge in [-0.3, -0.25) is 9.98 Å². The number of hydrogen-bond donors (Lipinski definition) is 0. The van der Waals surface area contributed by atoms with E-state index in [0.717, 1.165) is 17.7 Å². The second kappa shape index (κ2) is 5.25. The maximum Gasteiger partial charge on any atom is 0.0710 e. The van der Waals surface area contributed by atoms with Crippen molar-refractivity contribution < 1.29 is 0 Å². The van der Waals surface area contributed by atoms with E-state index in [1.54, 1.807) is 13.3 Å². The molecule has 0 atom stereocenters. The molecule has 0 aliphatic heterocycles. The molecule has 0 amide bonds. The normalized spacial score (nSPS) is 17.7. The Morgan fingerprint density at radius 2 is 2.08 bits per heavy atom. The maximum absolute atomic E-state index is 4.27. The molecule has 68 valence electrons. The quantitative estimate of drug-likeness (QED) is 0.575. The van der Waals surface area contributed by atoms with E-state index in [2.05, 4.69) is 28.2 Å². The molecule has 2 nitrogen and oxygen atoms in total. The monoisotopic (exact) mass is 174 g/mol. The Morgan fingerprint density at radius 3 is 2.77 bits per heavy atom. The van der Waals surface area contributed by atoms with Gasteiger partial charge in [0.05, 0.1) is 5.70 Å². The molecule has 1 aliphatic carbocycles. The van der Waals surface area contributed by atoms with E-state index < -0.39 is 0 Å². The zero-order chi connectivity index (χ0) is 9.52. The van der Waals surface area contributed by atoms with Crippen LogP contribution < -0.4 is 0 Å². The first-order chi connectivity index (χ1) is 6.38. The molecule has 0 unspecified atom stereocenters. The molecule has 1 rings (SSSR count). The van der Waals surface area contributed by atoms with Crippen LogP contribution in [0.2, 0.25) is 0 Å². The van der Waals surface area contributed by atoms with E-state index in [0.29, 0.717) is 0 Å². The first kappa shape index (κ1) is 9.65. The predicted octanol–water partition coefficient (Wildman–Crippen LogP) is 2.55. The van der Waals surface area contributed by atoms with Crippen LogP contribution in [0, 0.1) is 0 Å². The summed E-state index contributed by atoms with van der Waals surface area (Å²) in [5.74, 6) is 0. The van der Waals surface area contributed by atoms with Crippen LogP contribution in [0.1, 0.15) is 13.3 Å². The van der Waals surface area contributed by atoms with Gasteiger partial charge in [-0.1, -0.05) is 18.2 Å². The summed E-state index contributed by atoms with van der Waals surface area (Å²) in [7, 11) is 1.77. The number of aliphatic imine (C=N–C) groups is 2. The van der Waals surface area contributed by atoms with Crippen LogP contribution in [0.15, 0.2) is 45.6 Å². The van der Waals surface area contributed by atoms with Crippen molar-refractivity contribution in [3.8, 4) is 0 Å². The van der Waals surface area contributed by atoms with Crippen molar-refractivity contribution in [2.24, 2.45) is 9.98 Å². The Hall–Kier alpha value is -1.44. The van der Waals surface area contributed by atoms with Crippen molar-refractivity contribution in [2.45, 2.75) is 13.3 Å². The molecule has 0 aromatic heterocycles. The lowest BCUT2D eigenvalue weighted by molar-refractivity contribution is 1.37. The highest BCUT2D eigenvalue weighted by Crippen LogP contribution is 2.12. The van der Waals surface area contributed by atoms with Crippen LogP contribution in [-0.2, 0) is 0 Å². The Kier molecular flexibility index (Phi) is 3.89. The second-order valence-corrected chi connectivity index (χ2v) is 2.66. The molecule has 0 N–H and O–H groups in total. The average Bonchev–Trinajstić information content (AvgIpc) is 2.33. The van der Waals surface area contributed by atoms with Gasteiger partial charge in [0.25, 0.3) is 0 Å². The summed E-state index contributed by atoms with van der Waals surface area (Å²) in [5.41, 5.74) is 2.04. The van der Waals surface area contributed by atoms with E-state index in [1.807, 2.05) is 19.2 Å². The fourth-order valence-corrected chi connectivity index (χ4v) is 1.14. The third kappa shape index (κ3) is 2.82. The van der Waals surface area contributed by atoms with E-state index in [-0.39, 0.29) is 0 Å². The van der Waals surface area contributed by atoms with Crippen LogP contribution in [0.5, 0.6) is 0 Å². The van der Waals surface area contributed by atoms with Gasteiger partial charge in [-0.25, -0.2) is 0 Å². The summed E-state index contributed by atoms with van der Waals surface area (Å²) in [4.78, 5) is 8.26. The summed E-state index contributed by atoms with van der Waals surface area (Å²) < 4.78 is 0. The van der Waals surface area contributed by atoms with Crippen LogP contribution in [0.25, 0.3) is 0 Å². The zero-order valence-electron chi connectivity index (χ0n) is 8.07. The average molecular weight is 174 g/mol. The second-order valence-electron chi connectivity index (χ2n) is 2.66. The molecule has 0 aromatic rings. The van der Waals surface area contributed by atoms with Gasteiger partial charge in [0.15, 0.2) is 0 Å². The lowest BCUT2D eigenvalue weighted by Crippen LogP contribution is -1.85. The first-order valence-electron chi connectivity index (χ1n) is 4.36. The van der Waals surface area contributed by atoms with E-state index >= 15 is 0 Å². The molecule has 0 heterocycles. The van der Waals surface area contributed by atoms with Gasteiger partial charge in [-0.15, -0.1) is 0 Å². The lowest BCUT2D eigenvalue weighted by Gasteiger charge is -1.96. The van der Waals surface area contributed by atoms with E-state index in [1.165, 1.54) is 0 Å². The fourth-order valence-electron chi connectivity index (χ4n) is 1.14. The zero-order valence-corrected chi connectivity index (χ0v) is 8.07. The van der Waals surface area contributed by atoms with Gasteiger partial charge in [0, 0.05) is 25.0 Å². The van der Waals surface area contributed by atoms with Gasteiger partial charge >= 0.3 is 0 Å². The van der Waals surface area contributed by atoms with Gasteiger partial charge in [0.1, 0.15) is 0 Å². The number of nitrogens with zero attached hydrogens (tertiary/aromatic N) is 2. The SMILES string of the molecule is CC=NC1=C(C=NC)C=CCC=C1. The molecule has 0 aromatic carbocycles. The third-order valence-electron chi connectivity index (χ3n) is 1.68. The maximum atomic E-state index is 4.27. The molecule has 0 radical (unpaired) electrons. The van der Waals surface area contributed by atoms with Crippen molar-refractivity contribution in [1.82, 2.24) is 0 Å². The van der Waals surface area contributed by atoms with Crippen molar-refractivity contribution in [2.75, 3.05) is 7.05 Å². The van der Waals surface area contributed by atoms with Gasteiger partial charge in [-0.2, -0.15) is 0 Å². The highest BCUT2D eigenvalue weighted by atomic mass is 14.7. The molecule has 0 bridgehead atoms. The molecule has 2 heteroatoms. The molecular weight excluding hydrogens is 160 g/mol. The molecular formula is C11H14N2. The standard InChI is InChI=1S/C11H14N2/c1-3-13-11-8-6-4-5-7-10(11)9-12-2/h3,5-9H,4H2,1-2H3. The Balaban J connectivity index is 3.06. The molecule has 0 spiro atoms. The summed E-state index contributed by atoms with van der Waals surface area (Å²) in [6, 6.07) is 0. The summed E-state index contributed by atoms with van der Waals surface area (Å²) >= 11 is 0. The minimum absolute atomic E-state index is 0.962. The highest BCUT2D eigenvalue weighted by Gasteiger charge is 1.98. The summed E-state index contributed by atoms with van der Waals surface area (Å²) in [6.45, 7) is 1.91. The van der Waals surface area contributed by atoms with E-state index in [4.69, 9.17) is 0 Å². The molecule has 0 saturated heterocycles. The predicted molar refractivity (Wildman–Crippen MR) is 58.5 cm³/mol. The summed E-state index contributed by atoms with van der Waals surface area (Å²) in [5, 5.41) is 0. The minimum atomic E-state index is 0.962. The number of rotatable bonds is 2. The van der Waals surface area contributed by atoms with Gasteiger partial charge in [0.2, 0.25) is 0 Å². The topological polar surface area (TPSA) is 24.7 Å². The minimum Gasteiger partial charge on any atom is -0.296 e. The lowest BCUT2D eigenvalue weighted by atomic mass is 10.2. The van der Waals surface area contributed by atoms with Gasteiger partial charge in [-0.05, 0) is 19.4 Å². The molecule has 13 heavy (non-hydrogen) atoms. The molecule has 0 fully saturated rings. The van der Waals surface area contributed by atoms with Crippen LogP contribution >= 0.6 is 0 Å². The van der Waals surface area contributed by atoms with Gasteiger partial charge < -0.3 is 0 Å². The Bertz CT molecular complexity index is 274. The smallest absolute Gasteiger partial charge is 0.0710 e. The highest BCUT2D eigenvalue weighted by molar-refractivity contribution is 5.84. The molecule has 1 aliphatic rings. The van der Waals surface area contributed by atoms with Crippen LogP contribution in [0.3, 0.4) is 0 Å². The van der Waals surface area contributed by atoms with Crippen LogP contribution in [0.4, 0.5) is 0 Å². The third-order valence-corrected chi connectivity index (χ3v) is 1.68. The van der Waals surface area contributed by atoms with Crippen molar-refractivity contribution in [3.63, 3.8) is 0 Å². The molecule has 0 saturated carbocycles. The van der Waals surface area contributed by atoms with Crippen molar-refractivity contribution >= 4 is 12.4 Å². The fraction of sp³-hybridized carbons (Fsp3) is 0.273. The summed E-state index contributed by atoms with van der Waals surface area (Å²) in [6.07, 6.45) is 12.9. The van der Waals surface area contributed by atoms with E-state index in [9.17, 15) is 0 Å². The first-order valence-corrected chi connectivity index (χ1v) is 4.36. The largest absolute Gasteiger partial charge is 0.296 e. The van der Waals surface area contributed by atoms with Crippen molar-refractivity contribution in [3.05, 3.63) is 35.6 Å². The Labute approximate surface area is 79.1 Å². The van der Waals surface area contributed by atoms with Crippen molar-refractivity contribution in [1.29, 1.82) is 0 Å². The van der Waals surface area contributed by atoms with Crippen LogP contribution in [-0.4, -0.2) is 19.5 Å². The number of allylic oxidation sites excluding steroid dienone is 5.